The van der Waals surface area contributed by atoms with Gasteiger partial charge in [0.25, 0.3) is 0 Å². The molecule has 1 amide bonds. The summed E-state index contributed by atoms with van der Waals surface area (Å²) < 4.78 is 5.24. The molecule has 100 valence electrons. The van der Waals surface area contributed by atoms with Crippen LogP contribution in [0.25, 0.3) is 0 Å². The van der Waals surface area contributed by atoms with E-state index >= 15 is 0 Å². The Morgan fingerprint density at radius 2 is 2.00 bits per heavy atom. The summed E-state index contributed by atoms with van der Waals surface area (Å²) in [5, 5.41) is 0. The van der Waals surface area contributed by atoms with Crippen molar-refractivity contribution in [2.45, 2.75) is 19.4 Å². The molecule has 1 atom stereocenters. The molecule has 0 spiro atoms. The molecular formula is C14H22N2O2. The molecule has 0 aliphatic heterocycles. The molecule has 1 aromatic rings. The Bertz CT molecular complexity index is 377. The third-order valence-electron chi connectivity index (χ3n) is 2.94. The SMILES string of the molecule is CCOCCN(C)C(=O)C(C)(N)c1ccccc1. The van der Waals surface area contributed by atoms with E-state index in [9.17, 15) is 4.79 Å². The molecule has 18 heavy (non-hydrogen) atoms. The minimum atomic E-state index is -0.998. The maximum Gasteiger partial charge on any atom is 0.246 e. The molecule has 0 bridgehead atoms. The van der Waals surface area contributed by atoms with Crippen molar-refractivity contribution in [3.8, 4) is 0 Å². The second kappa shape index (κ2) is 6.52. The fourth-order valence-electron chi connectivity index (χ4n) is 1.75. The van der Waals surface area contributed by atoms with Crippen LogP contribution in [0.3, 0.4) is 0 Å². The highest BCUT2D eigenvalue weighted by Crippen LogP contribution is 2.19. The first kappa shape index (κ1) is 14.7. The number of hydrogen-bond donors (Lipinski definition) is 1. The summed E-state index contributed by atoms with van der Waals surface area (Å²) in [5.74, 6) is -0.103. The number of ether oxygens (including phenoxy) is 1. The summed E-state index contributed by atoms with van der Waals surface area (Å²) in [7, 11) is 1.75. The topological polar surface area (TPSA) is 55.6 Å². The molecule has 0 aliphatic carbocycles. The highest BCUT2D eigenvalue weighted by atomic mass is 16.5. The summed E-state index contributed by atoms with van der Waals surface area (Å²) >= 11 is 0. The standard InChI is InChI=1S/C14H22N2O2/c1-4-18-11-10-16(3)13(17)14(2,15)12-8-6-5-7-9-12/h5-9H,4,10-11,15H2,1-3H3. The number of carbonyl (C=O) groups excluding carboxylic acids is 1. The van der Waals surface area contributed by atoms with Crippen LogP contribution in [0.15, 0.2) is 30.3 Å². The fraction of sp³-hybridized carbons (Fsp3) is 0.500. The second-order valence-corrected chi connectivity index (χ2v) is 4.49. The van der Waals surface area contributed by atoms with Crippen LogP contribution in [0.2, 0.25) is 0 Å². The van der Waals surface area contributed by atoms with Gasteiger partial charge in [0.15, 0.2) is 0 Å². The van der Waals surface area contributed by atoms with E-state index in [2.05, 4.69) is 0 Å². The Kier molecular flexibility index (Phi) is 5.31. The van der Waals surface area contributed by atoms with E-state index in [0.29, 0.717) is 19.8 Å². The lowest BCUT2D eigenvalue weighted by molar-refractivity contribution is -0.136. The average molecular weight is 250 g/mol. The van der Waals surface area contributed by atoms with Crippen LogP contribution in [-0.4, -0.2) is 37.6 Å². The lowest BCUT2D eigenvalue weighted by Gasteiger charge is -2.29. The molecule has 0 saturated heterocycles. The van der Waals surface area contributed by atoms with Gasteiger partial charge in [0.1, 0.15) is 5.54 Å². The van der Waals surface area contributed by atoms with Crippen molar-refractivity contribution in [2.75, 3.05) is 26.8 Å². The van der Waals surface area contributed by atoms with E-state index < -0.39 is 5.54 Å². The van der Waals surface area contributed by atoms with Gasteiger partial charge in [0, 0.05) is 20.2 Å². The summed E-state index contributed by atoms with van der Waals surface area (Å²) in [6.07, 6.45) is 0. The van der Waals surface area contributed by atoms with E-state index in [1.807, 2.05) is 37.3 Å². The number of rotatable bonds is 6. The summed E-state index contributed by atoms with van der Waals surface area (Å²) in [6, 6.07) is 9.41. The van der Waals surface area contributed by atoms with Crippen molar-refractivity contribution in [2.24, 2.45) is 5.73 Å². The van der Waals surface area contributed by atoms with Gasteiger partial charge in [-0.3, -0.25) is 4.79 Å². The Morgan fingerprint density at radius 1 is 1.39 bits per heavy atom. The predicted molar refractivity (Wildman–Crippen MR) is 72.1 cm³/mol. The van der Waals surface area contributed by atoms with Crippen molar-refractivity contribution in [1.29, 1.82) is 0 Å². The molecule has 0 heterocycles. The van der Waals surface area contributed by atoms with Gasteiger partial charge in [0.2, 0.25) is 5.91 Å². The smallest absolute Gasteiger partial charge is 0.246 e. The van der Waals surface area contributed by atoms with Crippen molar-refractivity contribution in [1.82, 2.24) is 4.90 Å². The van der Waals surface area contributed by atoms with Gasteiger partial charge in [-0.2, -0.15) is 0 Å². The van der Waals surface area contributed by atoms with E-state index in [1.165, 1.54) is 0 Å². The van der Waals surface area contributed by atoms with E-state index in [1.54, 1.807) is 18.9 Å². The van der Waals surface area contributed by atoms with Gasteiger partial charge in [0.05, 0.1) is 6.61 Å². The zero-order chi connectivity index (χ0) is 13.6. The molecule has 0 saturated carbocycles. The van der Waals surface area contributed by atoms with E-state index in [-0.39, 0.29) is 5.91 Å². The Morgan fingerprint density at radius 3 is 2.56 bits per heavy atom. The molecule has 1 aromatic carbocycles. The van der Waals surface area contributed by atoms with Crippen molar-refractivity contribution in [3.05, 3.63) is 35.9 Å². The molecule has 4 heteroatoms. The highest BCUT2D eigenvalue weighted by Gasteiger charge is 2.32. The van der Waals surface area contributed by atoms with Crippen LogP contribution in [0.1, 0.15) is 19.4 Å². The molecule has 4 nitrogen and oxygen atoms in total. The Balaban J connectivity index is 2.70. The van der Waals surface area contributed by atoms with E-state index in [0.717, 1.165) is 5.56 Å². The largest absolute Gasteiger partial charge is 0.380 e. The van der Waals surface area contributed by atoms with Crippen LogP contribution in [0.4, 0.5) is 0 Å². The molecule has 0 aromatic heterocycles. The normalized spacial score (nSPS) is 14.0. The molecule has 0 aliphatic rings. The molecule has 2 N–H and O–H groups in total. The number of nitrogens with two attached hydrogens (primary N) is 1. The van der Waals surface area contributed by atoms with Crippen molar-refractivity contribution < 1.29 is 9.53 Å². The third-order valence-corrected chi connectivity index (χ3v) is 2.94. The van der Waals surface area contributed by atoms with E-state index in [4.69, 9.17) is 10.5 Å². The van der Waals surface area contributed by atoms with Crippen LogP contribution in [0, 0.1) is 0 Å². The number of benzene rings is 1. The van der Waals surface area contributed by atoms with Crippen molar-refractivity contribution in [3.63, 3.8) is 0 Å². The lowest BCUT2D eigenvalue weighted by Crippen LogP contribution is -2.50. The minimum Gasteiger partial charge on any atom is -0.380 e. The van der Waals surface area contributed by atoms with Gasteiger partial charge < -0.3 is 15.4 Å². The number of likely N-dealkylation sites (N-methyl/N-ethyl adjacent to an activating group) is 1. The average Bonchev–Trinajstić information content (AvgIpc) is 2.39. The summed E-state index contributed by atoms with van der Waals surface area (Å²) in [4.78, 5) is 13.9. The van der Waals surface area contributed by atoms with Crippen LogP contribution in [-0.2, 0) is 15.1 Å². The third kappa shape index (κ3) is 3.55. The van der Waals surface area contributed by atoms with Crippen LogP contribution < -0.4 is 5.73 Å². The van der Waals surface area contributed by atoms with Gasteiger partial charge in [-0.1, -0.05) is 30.3 Å². The molecule has 1 rings (SSSR count). The summed E-state index contributed by atoms with van der Waals surface area (Å²) in [5.41, 5.74) is 5.97. The first-order valence-corrected chi connectivity index (χ1v) is 6.17. The summed E-state index contributed by atoms with van der Waals surface area (Å²) in [6.45, 7) is 5.40. The van der Waals surface area contributed by atoms with Gasteiger partial charge in [-0.15, -0.1) is 0 Å². The Hall–Kier alpha value is -1.39. The Labute approximate surface area is 109 Å². The quantitative estimate of drug-likeness (QED) is 0.775. The van der Waals surface area contributed by atoms with Gasteiger partial charge in [-0.05, 0) is 19.4 Å². The molecule has 1 unspecified atom stereocenters. The minimum absolute atomic E-state index is 0.103. The number of nitrogens with zero attached hydrogens (tertiary/aromatic N) is 1. The molecule has 0 fully saturated rings. The van der Waals surface area contributed by atoms with Gasteiger partial charge >= 0.3 is 0 Å². The van der Waals surface area contributed by atoms with Crippen molar-refractivity contribution >= 4 is 5.91 Å². The number of hydrogen-bond acceptors (Lipinski definition) is 3. The number of carbonyl (C=O) groups is 1. The zero-order valence-corrected chi connectivity index (χ0v) is 11.3. The molecule has 0 radical (unpaired) electrons. The van der Waals surface area contributed by atoms with Gasteiger partial charge in [-0.25, -0.2) is 0 Å². The first-order chi connectivity index (χ1) is 8.50. The highest BCUT2D eigenvalue weighted by molar-refractivity contribution is 5.86. The maximum absolute atomic E-state index is 12.3. The lowest BCUT2D eigenvalue weighted by atomic mass is 9.92. The fourth-order valence-corrected chi connectivity index (χ4v) is 1.75. The molecular weight excluding hydrogens is 228 g/mol. The zero-order valence-electron chi connectivity index (χ0n) is 11.3. The second-order valence-electron chi connectivity index (χ2n) is 4.49. The monoisotopic (exact) mass is 250 g/mol. The predicted octanol–water partition coefficient (Wildman–Crippen LogP) is 1.36. The maximum atomic E-state index is 12.3. The van der Waals surface area contributed by atoms with Crippen LogP contribution in [0.5, 0.6) is 0 Å². The van der Waals surface area contributed by atoms with Crippen LogP contribution >= 0.6 is 0 Å². The first-order valence-electron chi connectivity index (χ1n) is 6.17. The number of amides is 1.